The van der Waals surface area contributed by atoms with Gasteiger partial charge in [0.05, 0.1) is 12.6 Å². The van der Waals surface area contributed by atoms with Gasteiger partial charge in [0, 0.05) is 15.6 Å². The van der Waals surface area contributed by atoms with E-state index in [0.29, 0.717) is 0 Å². The van der Waals surface area contributed by atoms with Crippen LogP contribution in [0.3, 0.4) is 0 Å². The topological polar surface area (TPSA) is 58.6 Å². The van der Waals surface area contributed by atoms with Crippen molar-refractivity contribution in [3.05, 3.63) is 70.0 Å². The van der Waals surface area contributed by atoms with Crippen molar-refractivity contribution in [2.45, 2.75) is 46.3 Å². The minimum atomic E-state index is -0.882. The number of rotatable bonds is 3. The highest BCUT2D eigenvalue weighted by molar-refractivity contribution is 6.30. The minimum Gasteiger partial charge on any atom is -0.444 e. The van der Waals surface area contributed by atoms with Crippen molar-refractivity contribution in [2.75, 3.05) is 6.61 Å². The molecule has 2 N–H and O–H groups in total. The van der Waals surface area contributed by atoms with Crippen LogP contribution in [0.25, 0.3) is 0 Å². The smallest absolute Gasteiger partial charge is 0.408 e. The van der Waals surface area contributed by atoms with E-state index in [2.05, 4.69) is 5.32 Å². The Bertz CT molecular complexity index is 707. The Morgan fingerprint density at radius 3 is 2.07 bits per heavy atom. The number of hydrogen-bond donors (Lipinski definition) is 2. The summed E-state index contributed by atoms with van der Waals surface area (Å²) in [5.41, 5.74) is -0.513. The summed E-state index contributed by atoms with van der Waals surface area (Å²) in [6, 6.07) is 12.6. The molecule has 0 aliphatic heterocycles. The number of carbonyl (C=O) groups is 1. The van der Waals surface area contributed by atoms with Gasteiger partial charge in [-0.2, -0.15) is 0 Å². The minimum absolute atomic E-state index is 0.151. The first-order valence-corrected chi connectivity index (χ1v) is 9.64. The molecule has 0 radical (unpaired) electrons. The molecule has 0 saturated carbocycles. The summed E-state index contributed by atoms with van der Waals surface area (Å²) < 4.78 is 18.7. The van der Waals surface area contributed by atoms with Gasteiger partial charge in [0.15, 0.2) is 0 Å². The van der Waals surface area contributed by atoms with Crippen molar-refractivity contribution >= 4 is 29.3 Å². The molecular formula is C21H28Cl2FNO3. The number of benzene rings is 2. The lowest BCUT2D eigenvalue weighted by Gasteiger charge is -2.23. The molecule has 1 amide bonds. The maximum Gasteiger partial charge on any atom is 0.408 e. The molecule has 0 aromatic heterocycles. The van der Waals surface area contributed by atoms with Crippen LogP contribution >= 0.6 is 23.2 Å². The number of aliphatic hydroxyl groups excluding tert-OH is 1. The van der Waals surface area contributed by atoms with Crippen LogP contribution < -0.4 is 5.32 Å². The average molecular weight is 432 g/mol. The summed E-state index contributed by atoms with van der Waals surface area (Å²) in [7, 11) is 0. The molecule has 0 heterocycles. The van der Waals surface area contributed by atoms with E-state index in [1.54, 1.807) is 20.8 Å². The van der Waals surface area contributed by atoms with Crippen molar-refractivity contribution in [2.24, 2.45) is 0 Å². The molecule has 0 aliphatic carbocycles. The fourth-order valence-corrected chi connectivity index (χ4v) is 2.17. The summed E-state index contributed by atoms with van der Waals surface area (Å²) in [5.74, 6) is -0.595. The van der Waals surface area contributed by atoms with E-state index in [4.69, 9.17) is 27.9 Å². The Hall–Kier alpha value is -1.82. The highest BCUT2D eigenvalue weighted by Crippen LogP contribution is 2.21. The third-order valence-corrected chi connectivity index (χ3v) is 3.43. The molecule has 0 saturated heterocycles. The Labute approximate surface area is 176 Å². The van der Waals surface area contributed by atoms with E-state index in [-0.39, 0.29) is 10.6 Å². The van der Waals surface area contributed by atoms with Crippen LogP contribution in [-0.4, -0.2) is 23.4 Å². The Balaban J connectivity index is 0.000000670. The molecule has 4 nitrogen and oxygen atoms in total. The average Bonchev–Trinajstić information content (AvgIpc) is 2.61. The molecular weight excluding hydrogens is 404 g/mol. The first-order valence-electron chi connectivity index (χ1n) is 8.88. The lowest BCUT2D eigenvalue weighted by atomic mass is 10.1. The van der Waals surface area contributed by atoms with Crippen molar-refractivity contribution in [1.82, 2.24) is 5.32 Å². The molecule has 0 aliphatic rings. The van der Waals surface area contributed by atoms with Crippen molar-refractivity contribution in [3.8, 4) is 0 Å². The van der Waals surface area contributed by atoms with Gasteiger partial charge >= 0.3 is 6.09 Å². The molecule has 2 aromatic rings. The van der Waals surface area contributed by atoms with Crippen molar-refractivity contribution in [3.63, 3.8) is 0 Å². The SMILES string of the molecule is CC.CC(C)(C)OC(=O)NC(CO)c1ccc(Cl)cc1F.Clc1ccccc1. The summed E-state index contributed by atoms with van der Waals surface area (Å²) in [6.45, 7) is 8.69. The van der Waals surface area contributed by atoms with Crippen molar-refractivity contribution < 1.29 is 19.0 Å². The second-order valence-corrected chi connectivity index (χ2v) is 7.22. The number of carbonyl (C=O) groups excluding carboxylic acids is 1. The number of nitrogens with one attached hydrogen (secondary N) is 1. The van der Waals surface area contributed by atoms with Crippen LogP contribution in [0.4, 0.5) is 9.18 Å². The molecule has 28 heavy (non-hydrogen) atoms. The second kappa shape index (κ2) is 13.4. The molecule has 0 fully saturated rings. The Morgan fingerprint density at radius 2 is 1.68 bits per heavy atom. The zero-order valence-electron chi connectivity index (χ0n) is 16.8. The Kier molecular flexibility index (Phi) is 12.5. The van der Waals surface area contributed by atoms with E-state index < -0.39 is 30.2 Å². The number of halogens is 3. The van der Waals surface area contributed by atoms with E-state index >= 15 is 0 Å². The zero-order chi connectivity index (χ0) is 21.7. The maximum atomic E-state index is 13.7. The van der Waals surface area contributed by atoms with Crippen LogP contribution in [0.15, 0.2) is 48.5 Å². The molecule has 7 heteroatoms. The van der Waals surface area contributed by atoms with Crippen LogP contribution in [0.2, 0.25) is 10.0 Å². The normalized spacial score (nSPS) is 11.2. The van der Waals surface area contributed by atoms with Gasteiger partial charge in [-0.1, -0.05) is 61.3 Å². The van der Waals surface area contributed by atoms with Crippen LogP contribution in [0.5, 0.6) is 0 Å². The third kappa shape index (κ3) is 11.1. The highest BCUT2D eigenvalue weighted by Gasteiger charge is 2.22. The standard InChI is InChI=1S/C13H17ClFNO3.C6H5Cl.C2H6/c1-13(2,3)19-12(18)16-11(7-17)9-5-4-8(14)6-10(9)15;7-6-4-2-1-3-5-6;1-2/h4-6,11,17H,7H2,1-3H3,(H,16,18);1-5H;1-2H3. The van der Waals surface area contributed by atoms with Crippen LogP contribution in [0.1, 0.15) is 46.2 Å². The summed E-state index contributed by atoms with van der Waals surface area (Å²) in [5, 5.41) is 12.7. The van der Waals surface area contributed by atoms with Crippen LogP contribution in [0, 0.1) is 5.82 Å². The van der Waals surface area contributed by atoms with Gasteiger partial charge in [-0.05, 0) is 45.0 Å². The number of aliphatic hydroxyl groups is 1. The first-order chi connectivity index (χ1) is 13.1. The lowest BCUT2D eigenvalue weighted by Crippen LogP contribution is -2.36. The maximum absolute atomic E-state index is 13.7. The molecule has 2 rings (SSSR count). The van der Waals surface area contributed by atoms with E-state index in [1.165, 1.54) is 12.1 Å². The largest absolute Gasteiger partial charge is 0.444 e. The molecule has 1 unspecified atom stereocenters. The number of amides is 1. The van der Waals surface area contributed by atoms with E-state index in [9.17, 15) is 14.3 Å². The molecule has 156 valence electrons. The third-order valence-electron chi connectivity index (χ3n) is 2.94. The molecule has 1 atom stereocenters. The number of alkyl carbamates (subject to hydrolysis) is 1. The molecule has 0 spiro atoms. The second-order valence-electron chi connectivity index (χ2n) is 6.34. The van der Waals surface area contributed by atoms with Gasteiger partial charge in [0.2, 0.25) is 0 Å². The fraction of sp³-hybridized carbons (Fsp3) is 0.381. The lowest BCUT2D eigenvalue weighted by molar-refractivity contribution is 0.0480. The van der Waals surface area contributed by atoms with Gasteiger partial charge in [0.25, 0.3) is 0 Å². The first kappa shape index (κ1) is 26.2. The number of hydrogen-bond acceptors (Lipinski definition) is 3. The predicted molar refractivity (Wildman–Crippen MR) is 113 cm³/mol. The van der Waals surface area contributed by atoms with Gasteiger partial charge in [-0.15, -0.1) is 0 Å². The van der Waals surface area contributed by atoms with E-state index in [0.717, 1.165) is 11.1 Å². The van der Waals surface area contributed by atoms with Gasteiger partial charge in [-0.25, -0.2) is 9.18 Å². The van der Waals surface area contributed by atoms with E-state index in [1.807, 2.05) is 44.2 Å². The Morgan fingerprint density at radius 1 is 1.11 bits per heavy atom. The van der Waals surface area contributed by atoms with Crippen molar-refractivity contribution in [1.29, 1.82) is 0 Å². The zero-order valence-corrected chi connectivity index (χ0v) is 18.3. The molecule has 2 aromatic carbocycles. The summed E-state index contributed by atoms with van der Waals surface area (Å²) in [4.78, 5) is 11.6. The monoisotopic (exact) mass is 431 g/mol. The fourth-order valence-electron chi connectivity index (χ4n) is 1.87. The summed E-state index contributed by atoms with van der Waals surface area (Å²) in [6.07, 6.45) is -0.721. The van der Waals surface area contributed by atoms with Gasteiger partial charge < -0.3 is 15.2 Å². The number of ether oxygens (including phenoxy) is 1. The quantitative estimate of drug-likeness (QED) is 0.590. The predicted octanol–water partition coefficient (Wildman–Crippen LogP) is 6.40. The summed E-state index contributed by atoms with van der Waals surface area (Å²) >= 11 is 11.2. The molecule has 0 bridgehead atoms. The van der Waals surface area contributed by atoms with Gasteiger partial charge in [0.1, 0.15) is 11.4 Å². The highest BCUT2D eigenvalue weighted by atomic mass is 35.5. The van der Waals surface area contributed by atoms with Gasteiger partial charge in [-0.3, -0.25) is 0 Å². The van der Waals surface area contributed by atoms with Crippen LogP contribution in [-0.2, 0) is 4.74 Å².